The van der Waals surface area contributed by atoms with Crippen LogP contribution in [0, 0.1) is 0 Å². The maximum Gasteiger partial charge on any atom is 0.411 e. The summed E-state index contributed by atoms with van der Waals surface area (Å²) in [6.45, 7) is -1.50. The molecule has 0 saturated carbocycles. The second kappa shape index (κ2) is 4.89. The molecular formula is C12H11F3O3. The molecule has 1 aromatic carbocycles. The number of hydrogen-bond donors (Lipinski definition) is 0. The molecule has 0 N–H and O–H groups in total. The van der Waals surface area contributed by atoms with Crippen LogP contribution in [0.2, 0.25) is 0 Å². The normalized spacial score (nSPS) is 12.0. The third kappa shape index (κ3) is 3.16. The van der Waals surface area contributed by atoms with Gasteiger partial charge < -0.3 is 13.9 Å². The van der Waals surface area contributed by atoms with Gasteiger partial charge in [-0.05, 0) is 24.3 Å². The van der Waals surface area contributed by atoms with Crippen LogP contribution in [-0.2, 0) is 11.3 Å². The van der Waals surface area contributed by atoms with E-state index in [0.29, 0.717) is 17.1 Å². The van der Waals surface area contributed by atoms with E-state index >= 15 is 0 Å². The molecule has 0 aliphatic heterocycles. The van der Waals surface area contributed by atoms with E-state index in [1.54, 1.807) is 24.3 Å². The quantitative estimate of drug-likeness (QED) is 0.842. The van der Waals surface area contributed by atoms with E-state index in [1.807, 2.05) is 0 Å². The van der Waals surface area contributed by atoms with Gasteiger partial charge in [0.25, 0.3) is 0 Å². The zero-order valence-corrected chi connectivity index (χ0v) is 9.58. The second-order valence-electron chi connectivity index (χ2n) is 3.72. The first-order valence-corrected chi connectivity index (χ1v) is 5.19. The van der Waals surface area contributed by atoms with Crippen LogP contribution in [0.25, 0.3) is 11.0 Å². The van der Waals surface area contributed by atoms with Crippen molar-refractivity contribution >= 4 is 11.0 Å². The minimum absolute atomic E-state index is 0.212. The van der Waals surface area contributed by atoms with Crippen molar-refractivity contribution in [3.05, 3.63) is 30.0 Å². The summed E-state index contributed by atoms with van der Waals surface area (Å²) >= 11 is 0. The Labute approximate surface area is 101 Å². The fourth-order valence-electron chi connectivity index (χ4n) is 1.54. The molecule has 0 radical (unpaired) electrons. The van der Waals surface area contributed by atoms with Gasteiger partial charge in [-0.2, -0.15) is 13.2 Å². The minimum atomic E-state index is -4.32. The molecule has 1 aromatic heterocycles. The van der Waals surface area contributed by atoms with Crippen molar-refractivity contribution in [3.63, 3.8) is 0 Å². The number of halogens is 3. The molecule has 0 saturated heterocycles. The first-order chi connectivity index (χ1) is 8.48. The molecule has 18 heavy (non-hydrogen) atoms. The number of ether oxygens (including phenoxy) is 2. The van der Waals surface area contributed by atoms with E-state index < -0.39 is 12.8 Å². The number of rotatable bonds is 4. The van der Waals surface area contributed by atoms with Gasteiger partial charge in [-0.25, -0.2) is 0 Å². The molecule has 1 heterocycles. The second-order valence-corrected chi connectivity index (χ2v) is 3.72. The largest absolute Gasteiger partial charge is 0.497 e. The van der Waals surface area contributed by atoms with Gasteiger partial charge in [0.05, 0.1) is 7.11 Å². The zero-order chi connectivity index (χ0) is 13.2. The van der Waals surface area contributed by atoms with Gasteiger partial charge in [0.15, 0.2) is 0 Å². The van der Waals surface area contributed by atoms with Crippen molar-refractivity contribution in [3.8, 4) is 5.75 Å². The summed E-state index contributed by atoms with van der Waals surface area (Å²) in [4.78, 5) is 0. The van der Waals surface area contributed by atoms with E-state index in [1.165, 1.54) is 7.11 Å². The van der Waals surface area contributed by atoms with Crippen LogP contribution in [0.5, 0.6) is 5.75 Å². The van der Waals surface area contributed by atoms with Crippen LogP contribution in [0.15, 0.2) is 28.7 Å². The fraction of sp³-hybridized carbons (Fsp3) is 0.333. The Kier molecular flexibility index (Phi) is 3.47. The number of benzene rings is 1. The number of methoxy groups -OCH3 is 1. The van der Waals surface area contributed by atoms with Crippen molar-refractivity contribution in [1.29, 1.82) is 0 Å². The lowest BCUT2D eigenvalue weighted by Crippen LogP contribution is -2.16. The molecule has 0 aliphatic carbocycles. The molecule has 0 bridgehead atoms. The molecule has 0 spiro atoms. The summed E-state index contributed by atoms with van der Waals surface area (Å²) in [6.07, 6.45) is -4.32. The van der Waals surface area contributed by atoms with Crippen LogP contribution in [0.4, 0.5) is 13.2 Å². The summed E-state index contributed by atoms with van der Waals surface area (Å²) in [7, 11) is 1.54. The molecular weight excluding hydrogens is 249 g/mol. The Morgan fingerprint density at radius 1 is 1.22 bits per heavy atom. The average Bonchev–Trinajstić information content (AvgIpc) is 2.68. The molecule has 0 amide bonds. The van der Waals surface area contributed by atoms with Crippen molar-refractivity contribution < 1.29 is 27.1 Å². The highest BCUT2D eigenvalue weighted by atomic mass is 19.4. The number of furan rings is 1. The molecule has 0 aliphatic rings. The predicted octanol–water partition coefficient (Wildman–Crippen LogP) is 3.52. The Bertz CT molecular complexity index is 531. The van der Waals surface area contributed by atoms with Gasteiger partial charge in [0, 0.05) is 5.39 Å². The lowest BCUT2D eigenvalue weighted by Gasteiger charge is -2.05. The smallest absolute Gasteiger partial charge is 0.411 e. The first kappa shape index (κ1) is 12.8. The lowest BCUT2D eigenvalue weighted by atomic mass is 10.2. The first-order valence-electron chi connectivity index (χ1n) is 5.19. The molecule has 2 aromatic rings. The SMILES string of the molecule is COc1ccc2oc(COCC(F)(F)F)cc2c1. The fourth-order valence-corrected chi connectivity index (χ4v) is 1.54. The molecule has 98 valence electrons. The molecule has 0 unspecified atom stereocenters. The number of fused-ring (bicyclic) bond motifs is 1. The molecule has 0 atom stereocenters. The van der Waals surface area contributed by atoms with Gasteiger partial charge in [-0.3, -0.25) is 0 Å². The maximum atomic E-state index is 11.9. The summed E-state index contributed by atoms with van der Waals surface area (Å²) in [5, 5.41) is 0.764. The Hall–Kier alpha value is -1.69. The molecule has 0 fully saturated rings. The standard InChI is InChI=1S/C12H11F3O3/c1-16-9-2-3-11-8(4-9)5-10(18-11)6-17-7-12(13,14)15/h2-5H,6-7H2,1H3. The van der Waals surface area contributed by atoms with Gasteiger partial charge in [-0.15, -0.1) is 0 Å². The topological polar surface area (TPSA) is 31.6 Å². The minimum Gasteiger partial charge on any atom is -0.497 e. The number of alkyl halides is 3. The Balaban J connectivity index is 2.06. The third-order valence-electron chi connectivity index (χ3n) is 2.28. The van der Waals surface area contributed by atoms with Crippen LogP contribution in [-0.4, -0.2) is 19.9 Å². The maximum absolute atomic E-state index is 11.9. The zero-order valence-electron chi connectivity index (χ0n) is 9.58. The van der Waals surface area contributed by atoms with Crippen LogP contribution >= 0.6 is 0 Å². The van der Waals surface area contributed by atoms with Crippen LogP contribution < -0.4 is 4.74 Å². The van der Waals surface area contributed by atoms with Gasteiger partial charge in [0.2, 0.25) is 0 Å². The van der Waals surface area contributed by atoms with Crippen molar-refractivity contribution in [2.45, 2.75) is 12.8 Å². The highest BCUT2D eigenvalue weighted by Gasteiger charge is 2.27. The highest BCUT2D eigenvalue weighted by molar-refractivity contribution is 5.79. The van der Waals surface area contributed by atoms with Crippen LogP contribution in [0.3, 0.4) is 0 Å². The summed E-state index contributed by atoms with van der Waals surface area (Å²) in [5.74, 6) is 1.01. The molecule has 3 nitrogen and oxygen atoms in total. The van der Waals surface area contributed by atoms with Gasteiger partial charge in [-0.1, -0.05) is 0 Å². The summed E-state index contributed by atoms with van der Waals surface area (Å²) in [6, 6.07) is 6.79. The monoisotopic (exact) mass is 260 g/mol. The predicted molar refractivity (Wildman–Crippen MR) is 58.5 cm³/mol. The van der Waals surface area contributed by atoms with E-state index in [4.69, 9.17) is 9.15 Å². The Morgan fingerprint density at radius 3 is 2.67 bits per heavy atom. The van der Waals surface area contributed by atoms with E-state index in [9.17, 15) is 13.2 Å². The summed E-state index contributed by atoms with van der Waals surface area (Å²) in [5.41, 5.74) is 0.585. The van der Waals surface area contributed by atoms with Crippen molar-refractivity contribution in [1.82, 2.24) is 0 Å². The molecule has 2 rings (SSSR count). The average molecular weight is 260 g/mol. The van der Waals surface area contributed by atoms with E-state index in [0.717, 1.165) is 5.39 Å². The lowest BCUT2D eigenvalue weighted by molar-refractivity contribution is -0.177. The van der Waals surface area contributed by atoms with Crippen molar-refractivity contribution in [2.24, 2.45) is 0 Å². The van der Waals surface area contributed by atoms with Gasteiger partial charge >= 0.3 is 6.18 Å². The van der Waals surface area contributed by atoms with Crippen molar-refractivity contribution in [2.75, 3.05) is 13.7 Å². The molecule has 6 heteroatoms. The number of hydrogen-bond acceptors (Lipinski definition) is 3. The Morgan fingerprint density at radius 2 is 2.00 bits per heavy atom. The van der Waals surface area contributed by atoms with Gasteiger partial charge in [0.1, 0.15) is 30.3 Å². The van der Waals surface area contributed by atoms with Crippen LogP contribution in [0.1, 0.15) is 5.76 Å². The van der Waals surface area contributed by atoms with E-state index in [2.05, 4.69) is 4.74 Å². The summed E-state index contributed by atoms with van der Waals surface area (Å²) < 4.78 is 50.6. The van der Waals surface area contributed by atoms with E-state index in [-0.39, 0.29) is 6.61 Å². The third-order valence-corrected chi connectivity index (χ3v) is 2.28. The highest BCUT2D eigenvalue weighted by Crippen LogP contribution is 2.25.